The molecular formula is C15H24N4O2. The molecular weight excluding hydrogens is 268 g/mol. The molecule has 1 aromatic heterocycles. The van der Waals surface area contributed by atoms with Crippen LogP contribution in [0.2, 0.25) is 0 Å². The lowest BCUT2D eigenvalue weighted by atomic mass is 9.97. The second-order valence-corrected chi connectivity index (χ2v) is 6.45. The summed E-state index contributed by atoms with van der Waals surface area (Å²) in [5.74, 6) is 0.568. The molecule has 0 radical (unpaired) electrons. The van der Waals surface area contributed by atoms with E-state index >= 15 is 0 Å². The van der Waals surface area contributed by atoms with Gasteiger partial charge in [0.05, 0.1) is 12.1 Å². The maximum atomic E-state index is 12.4. The van der Waals surface area contributed by atoms with Gasteiger partial charge in [-0.2, -0.15) is 5.10 Å². The van der Waals surface area contributed by atoms with E-state index in [1.165, 1.54) is 0 Å². The van der Waals surface area contributed by atoms with E-state index in [2.05, 4.69) is 24.3 Å². The summed E-state index contributed by atoms with van der Waals surface area (Å²) >= 11 is 0. The summed E-state index contributed by atoms with van der Waals surface area (Å²) in [6.45, 7) is 8.65. The highest BCUT2D eigenvalue weighted by Gasteiger charge is 2.40. The van der Waals surface area contributed by atoms with Crippen LogP contribution in [0.3, 0.4) is 0 Å². The van der Waals surface area contributed by atoms with Crippen LogP contribution in [0.25, 0.3) is 0 Å². The average Bonchev–Trinajstić information content (AvgIpc) is 2.84. The Morgan fingerprint density at radius 2 is 2.24 bits per heavy atom. The molecule has 0 bridgehead atoms. The van der Waals surface area contributed by atoms with Gasteiger partial charge in [0, 0.05) is 13.6 Å². The van der Waals surface area contributed by atoms with Crippen LogP contribution in [0.4, 0.5) is 0 Å². The molecule has 2 heterocycles. The van der Waals surface area contributed by atoms with Gasteiger partial charge in [0.1, 0.15) is 11.4 Å². The lowest BCUT2D eigenvalue weighted by Gasteiger charge is -2.42. The molecule has 0 aliphatic carbocycles. The summed E-state index contributed by atoms with van der Waals surface area (Å²) in [5.41, 5.74) is 0.454. The third-order valence-corrected chi connectivity index (χ3v) is 4.15. The third-order valence-electron chi connectivity index (χ3n) is 4.15. The quantitative estimate of drug-likeness (QED) is 0.631. The smallest absolute Gasteiger partial charge is 0.272 e. The van der Waals surface area contributed by atoms with Crippen LogP contribution >= 0.6 is 0 Å². The van der Waals surface area contributed by atoms with Crippen molar-refractivity contribution >= 4 is 12.2 Å². The molecule has 1 unspecified atom stereocenters. The standard InChI is InChI=1S/C15H24N4O2/c1-11(2)5-6-16-9-15(3)10-19-13(14(21)18(15)4)7-12(8-20)17-19/h7-8,11,16H,5-6,9-10H2,1-4H3. The van der Waals surface area contributed by atoms with Crippen LogP contribution in [0.5, 0.6) is 0 Å². The molecule has 6 heteroatoms. The van der Waals surface area contributed by atoms with Gasteiger partial charge in [-0.15, -0.1) is 0 Å². The summed E-state index contributed by atoms with van der Waals surface area (Å²) in [5, 5.41) is 7.60. The second-order valence-electron chi connectivity index (χ2n) is 6.45. The molecule has 1 aliphatic heterocycles. The number of likely N-dealkylation sites (N-methyl/N-ethyl adjacent to an activating group) is 1. The third kappa shape index (κ3) is 3.15. The lowest BCUT2D eigenvalue weighted by Crippen LogP contribution is -2.59. The van der Waals surface area contributed by atoms with Gasteiger partial charge in [0.2, 0.25) is 0 Å². The number of aldehydes is 1. The van der Waals surface area contributed by atoms with Crippen molar-refractivity contribution in [1.82, 2.24) is 20.0 Å². The van der Waals surface area contributed by atoms with Gasteiger partial charge in [0.25, 0.3) is 5.91 Å². The van der Waals surface area contributed by atoms with Gasteiger partial charge in [-0.05, 0) is 31.9 Å². The van der Waals surface area contributed by atoms with E-state index in [1.807, 2.05) is 14.0 Å². The molecule has 21 heavy (non-hydrogen) atoms. The normalized spacial score (nSPS) is 21.8. The fraction of sp³-hybridized carbons (Fsp3) is 0.667. The zero-order valence-electron chi connectivity index (χ0n) is 13.2. The van der Waals surface area contributed by atoms with E-state index in [0.29, 0.717) is 36.7 Å². The topological polar surface area (TPSA) is 67.2 Å². The van der Waals surface area contributed by atoms with Gasteiger partial charge in [-0.1, -0.05) is 13.8 Å². The van der Waals surface area contributed by atoms with Gasteiger partial charge in [0.15, 0.2) is 6.29 Å². The molecule has 1 atom stereocenters. The van der Waals surface area contributed by atoms with E-state index in [-0.39, 0.29) is 11.4 Å². The van der Waals surface area contributed by atoms with Crippen molar-refractivity contribution < 1.29 is 9.59 Å². The maximum absolute atomic E-state index is 12.4. The van der Waals surface area contributed by atoms with E-state index in [0.717, 1.165) is 13.0 Å². The van der Waals surface area contributed by atoms with Crippen molar-refractivity contribution in [2.24, 2.45) is 5.92 Å². The highest BCUT2D eigenvalue weighted by molar-refractivity contribution is 5.95. The van der Waals surface area contributed by atoms with Gasteiger partial charge in [-0.25, -0.2) is 0 Å². The zero-order valence-corrected chi connectivity index (χ0v) is 13.2. The summed E-state index contributed by atoms with van der Waals surface area (Å²) in [6, 6.07) is 1.55. The second kappa shape index (κ2) is 5.97. The Balaban J connectivity index is 2.10. The molecule has 0 saturated heterocycles. The molecule has 1 amide bonds. The van der Waals surface area contributed by atoms with E-state index < -0.39 is 0 Å². The number of fused-ring (bicyclic) bond motifs is 1. The van der Waals surface area contributed by atoms with E-state index in [1.54, 1.807) is 15.6 Å². The molecule has 116 valence electrons. The predicted molar refractivity (Wildman–Crippen MR) is 80.4 cm³/mol. The summed E-state index contributed by atoms with van der Waals surface area (Å²) < 4.78 is 1.65. The van der Waals surface area contributed by atoms with Gasteiger partial charge in [-0.3, -0.25) is 14.3 Å². The van der Waals surface area contributed by atoms with Crippen LogP contribution in [0.15, 0.2) is 6.07 Å². The number of hydrogen-bond donors (Lipinski definition) is 1. The first-order valence-electron chi connectivity index (χ1n) is 7.39. The van der Waals surface area contributed by atoms with Crippen LogP contribution in [-0.2, 0) is 6.54 Å². The summed E-state index contributed by atoms with van der Waals surface area (Å²) in [6.07, 6.45) is 1.78. The Hall–Kier alpha value is -1.69. The van der Waals surface area contributed by atoms with Crippen molar-refractivity contribution in [3.63, 3.8) is 0 Å². The SMILES string of the molecule is CC(C)CCNCC1(C)Cn2nc(C=O)cc2C(=O)N1C. The molecule has 0 spiro atoms. The molecule has 1 aliphatic rings. The first-order chi connectivity index (χ1) is 9.87. The number of rotatable bonds is 6. The molecule has 6 nitrogen and oxygen atoms in total. The first kappa shape index (κ1) is 15.7. The minimum atomic E-state index is -0.340. The average molecular weight is 292 g/mol. The first-order valence-corrected chi connectivity index (χ1v) is 7.39. The van der Waals surface area contributed by atoms with Crippen LogP contribution in [0, 0.1) is 5.92 Å². The predicted octanol–water partition coefficient (Wildman–Crippen LogP) is 1.18. The molecule has 0 fully saturated rings. The van der Waals surface area contributed by atoms with Crippen molar-refractivity contribution in [2.75, 3.05) is 20.1 Å². The number of aromatic nitrogens is 2. The lowest BCUT2D eigenvalue weighted by molar-refractivity contribution is 0.0443. The molecule has 1 N–H and O–H groups in total. The van der Waals surface area contributed by atoms with Crippen molar-refractivity contribution in [3.05, 3.63) is 17.5 Å². The highest BCUT2D eigenvalue weighted by Crippen LogP contribution is 2.24. The van der Waals surface area contributed by atoms with E-state index in [9.17, 15) is 9.59 Å². The van der Waals surface area contributed by atoms with Crippen LogP contribution in [0.1, 0.15) is 48.2 Å². The van der Waals surface area contributed by atoms with Crippen LogP contribution in [-0.4, -0.2) is 52.5 Å². The minimum absolute atomic E-state index is 0.0880. The highest BCUT2D eigenvalue weighted by atomic mass is 16.2. The fourth-order valence-corrected chi connectivity index (χ4v) is 2.56. The zero-order chi connectivity index (χ0) is 15.6. The van der Waals surface area contributed by atoms with Crippen molar-refractivity contribution in [3.8, 4) is 0 Å². The molecule has 2 rings (SSSR count). The van der Waals surface area contributed by atoms with Gasteiger partial charge >= 0.3 is 0 Å². The molecule has 1 aromatic rings. The molecule has 0 saturated carbocycles. The fourth-order valence-electron chi connectivity index (χ4n) is 2.56. The summed E-state index contributed by atoms with van der Waals surface area (Å²) in [4.78, 5) is 25.0. The number of nitrogens with zero attached hydrogens (tertiary/aromatic N) is 3. The Morgan fingerprint density at radius 3 is 2.86 bits per heavy atom. The maximum Gasteiger partial charge on any atom is 0.272 e. The number of hydrogen-bond acceptors (Lipinski definition) is 4. The number of nitrogens with one attached hydrogen (secondary N) is 1. The van der Waals surface area contributed by atoms with Gasteiger partial charge < -0.3 is 10.2 Å². The summed E-state index contributed by atoms with van der Waals surface area (Å²) in [7, 11) is 1.81. The minimum Gasteiger partial charge on any atom is -0.332 e. The molecule has 0 aromatic carbocycles. The number of carbonyl (C=O) groups is 2. The Labute approximate surface area is 125 Å². The Bertz CT molecular complexity index is 538. The number of amides is 1. The van der Waals surface area contributed by atoms with Crippen molar-refractivity contribution in [2.45, 2.75) is 39.3 Å². The Morgan fingerprint density at radius 1 is 1.52 bits per heavy atom. The van der Waals surface area contributed by atoms with Crippen LogP contribution < -0.4 is 5.32 Å². The largest absolute Gasteiger partial charge is 0.332 e. The van der Waals surface area contributed by atoms with E-state index in [4.69, 9.17) is 0 Å². The van der Waals surface area contributed by atoms with Crippen molar-refractivity contribution in [1.29, 1.82) is 0 Å². The monoisotopic (exact) mass is 292 g/mol. The number of carbonyl (C=O) groups excluding carboxylic acids is 2. The Kier molecular flexibility index (Phi) is 4.46.